The molecule has 0 aliphatic carbocycles. The molecule has 1 amide bonds. The Balaban J connectivity index is 1.66. The minimum Gasteiger partial charge on any atom is -0.497 e. The van der Waals surface area contributed by atoms with Gasteiger partial charge in [-0.05, 0) is 62.9 Å². The van der Waals surface area contributed by atoms with Gasteiger partial charge in [0.2, 0.25) is 15.9 Å². The van der Waals surface area contributed by atoms with Crippen molar-refractivity contribution in [2.45, 2.75) is 43.5 Å². The maximum Gasteiger partial charge on any atom is 0.243 e. The normalized spacial score (nSPS) is 18.0. The number of benzene rings is 2. The molecule has 0 saturated carbocycles. The molecule has 1 aliphatic heterocycles. The maximum atomic E-state index is 13.0. The van der Waals surface area contributed by atoms with E-state index in [-0.39, 0.29) is 23.3 Å². The van der Waals surface area contributed by atoms with Crippen molar-refractivity contribution in [1.82, 2.24) is 9.62 Å². The Hall–Kier alpha value is -2.38. The third-order valence-electron chi connectivity index (χ3n) is 5.40. The second kappa shape index (κ2) is 9.18. The Morgan fingerprint density at radius 3 is 2.43 bits per heavy atom. The number of methoxy groups -OCH3 is 1. The van der Waals surface area contributed by atoms with Crippen molar-refractivity contribution in [3.63, 3.8) is 0 Å². The number of carbonyl (C=O) groups is 1. The molecule has 162 valence electrons. The van der Waals surface area contributed by atoms with Crippen molar-refractivity contribution in [2.24, 2.45) is 5.92 Å². The largest absolute Gasteiger partial charge is 0.497 e. The van der Waals surface area contributed by atoms with Crippen LogP contribution in [0.3, 0.4) is 0 Å². The summed E-state index contributed by atoms with van der Waals surface area (Å²) in [6.45, 7) is 4.60. The monoisotopic (exact) mass is 430 g/mol. The predicted molar refractivity (Wildman–Crippen MR) is 117 cm³/mol. The van der Waals surface area contributed by atoms with Crippen LogP contribution in [0.5, 0.6) is 5.75 Å². The second-order valence-corrected chi connectivity index (χ2v) is 10.4. The summed E-state index contributed by atoms with van der Waals surface area (Å²) < 4.78 is 32.6. The van der Waals surface area contributed by atoms with Crippen LogP contribution in [0.1, 0.15) is 32.3 Å². The van der Waals surface area contributed by atoms with Crippen molar-refractivity contribution in [2.75, 3.05) is 20.2 Å². The SMILES string of the molecule is COc1ccc(S(=O)(=O)N2CCC[C@@H](C(=O)NC(C)(C)Cc3ccccc3)C2)cc1. The number of amides is 1. The summed E-state index contributed by atoms with van der Waals surface area (Å²) in [5, 5.41) is 3.12. The predicted octanol–water partition coefficient (Wildman–Crippen LogP) is 3.23. The highest BCUT2D eigenvalue weighted by Gasteiger charge is 2.35. The van der Waals surface area contributed by atoms with E-state index in [4.69, 9.17) is 4.74 Å². The lowest BCUT2D eigenvalue weighted by Crippen LogP contribution is -2.51. The van der Waals surface area contributed by atoms with Gasteiger partial charge in [0.05, 0.1) is 17.9 Å². The first kappa shape index (κ1) is 22.3. The van der Waals surface area contributed by atoms with Crippen LogP contribution in [0.2, 0.25) is 0 Å². The van der Waals surface area contributed by atoms with Crippen molar-refractivity contribution in [3.8, 4) is 5.75 Å². The number of nitrogens with one attached hydrogen (secondary N) is 1. The first-order valence-electron chi connectivity index (χ1n) is 10.2. The molecule has 0 unspecified atom stereocenters. The van der Waals surface area contributed by atoms with Crippen molar-refractivity contribution < 1.29 is 17.9 Å². The van der Waals surface area contributed by atoms with Gasteiger partial charge in [0.15, 0.2) is 0 Å². The van der Waals surface area contributed by atoms with Crippen molar-refractivity contribution >= 4 is 15.9 Å². The van der Waals surface area contributed by atoms with E-state index in [2.05, 4.69) is 5.32 Å². The topological polar surface area (TPSA) is 75.7 Å². The van der Waals surface area contributed by atoms with Gasteiger partial charge in [0, 0.05) is 18.6 Å². The van der Waals surface area contributed by atoms with E-state index < -0.39 is 15.6 Å². The number of carbonyl (C=O) groups excluding carboxylic acids is 1. The van der Waals surface area contributed by atoms with Gasteiger partial charge >= 0.3 is 0 Å². The Morgan fingerprint density at radius 1 is 1.13 bits per heavy atom. The van der Waals surface area contributed by atoms with Crippen LogP contribution in [-0.2, 0) is 21.2 Å². The molecule has 0 aromatic heterocycles. The summed E-state index contributed by atoms with van der Waals surface area (Å²) in [5.74, 6) is 0.151. The van der Waals surface area contributed by atoms with Gasteiger partial charge in [0.1, 0.15) is 5.75 Å². The standard InChI is InChI=1S/C23H30N2O4S/c1-23(2,16-18-8-5-4-6-9-18)24-22(26)19-10-7-15-25(17-19)30(27,28)21-13-11-20(29-3)12-14-21/h4-6,8-9,11-14,19H,7,10,15-17H2,1-3H3,(H,24,26)/t19-/m1/s1. The molecule has 1 aliphatic rings. The van der Waals surface area contributed by atoms with Crippen molar-refractivity contribution in [1.29, 1.82) is 0 Å². The lowest BCUT2D eigenvalue weighted by Gasteiger charge is -2.34. The van der Waals surface area contributed by atoms with E-state index in [0.717, 1.165) is 5.56 Å². The second-order valence-electron chi connectivity index (χ2n) is 8.41. The van der Waals surface area contributed by atoms with Gasteiger partial charge in [-0.2, -0.15) is 4.31 Å². The summed E-state index contributed by atoms with van der Waals surface area (Å²) in [5.41, 5.74) is 0.727. The van der Waals surface area contributed by atoms with Crippen LogP contribution in [0.25, 0.3) is 0 Å². The quantitative estimate of drug-likeness (QED) is 0.732. The van der Waals surface area contributed by atoms with Gasteiger partial charge in [0.25, 0.3) is 0 Å². The van der Waals surface area contributed by atoms with Gasteiger partial charge in [-0.15, -0.1) is 0 Å². The van der Waals surface area contributed by atoms with E-state index in [1.807, 2.05) is 44.2 Å². The van der Waals surface area contributed by atoms with Crippen LogP contribution in [0.4, 0.5) is 0 Å². The van der Waals surface area contributed by atoms with Crippen LogP contribution < -0.4 is 10.1 Å². The molecule has 1 atom stereocenters. The molecule has 1 N–H and O–H groups in total. The fraction of sp³-hybridized carbons (Fsp3) is 0.435. The highest BCUT2D eigenvalue weighted by Crippen LogP contribution is 2.26. The Morgan fingerprint density at radius 2 is 1.80 bits per heavy atom. The van der Waals surface area contributed by atoms with E-state index in [1.165, 1.54) is 11.4 Å². The number of ether oxygens (including phenoxy) is 1. The third kappa shape index (κ3) is 5.40. The van der Waals surface area contributed by atoms with E-state index >= 15 is 0 Å². The summed E-state index contributed by atoms with van der Waals surface area (Å²) in [6.07, 6.45) is 2.05. The van der Waals surface area contributed by atoms with Crippen molar-refractivity contribution in [3.05, 3.63) is 60.2 Å². The lowest BCUT2D eigenvalue weighted by molar-refractivity contribution is -0.127. The smallest absolute Gasteiger partial charge is 0.243 e. The molecular formula is C23H30N2O4S. The number of hydrogen-bond donors (Lipinski definition) is 1. The molecule has 7 heteroatoms. The first-order valence-corrected chi connectivity index (χ1v) is 11.7. The lowest BCUT2D eigenvalue weighted by atomic mass is 9.92. The number of rotatable bonds is 7. The Kier molecular flexibility index (Phi) is 6.83. The molecule has 1 heterocycles. The Bertz CT molecular complexity index is 956. The van der Waals surface area contributed by atoms with Gasteiger partial charge in [-0.25, -0.2) is 8.42 Å². The van der Waals surface area contributed by atoms with Crippen LogP contribution >= 0.6 is 0 Å². The van der Waals surface area contributed by atoms with E-state index in [9.17, 15) is 13.2 Å². The molecule has 2 aromatic carbocycles. The molecule has 30 heavy (non-hydrogen) atoms. The molecule has 3 rings (SSSR count). The highest BCUT2D eigenvalue weighted by molar-refractivity contribution is 7.89. The number of nitrogens with zero attached hydrogens (tertiary/aromatic N) is 1. The third-order valence-corrected chi connectivity index (χ3v) is 7.28. The average Bonchev–Trinajstić information content (AvgIpc) is 2.74. The number of piperidine rings is 1. The zero-order chi connectivity index (χ0) is 21.8. The van der Waals surface area contributed by atoms with E-state index in [1.54, 1.807) is 24.3 Å². The summed E-state index contributed by atoms with van der Waals surface area (Å²) in [4.78, 5) is 13.2. The molecule has 0 spiro atoms. The molecular weight excluding hydrogens is 400 g/mol. The first-order chi connectivity index (χ1) is 14.2. The van der Waals surface area contributed by atoms with Gasteiger partial charge in [-0.3, -0.25) is 4.79 Å². The molecule has 0 bridgehead atoms. The fourth-order valence-corrected chi connectivity index (χ4v) is 5.38. The van der Waals surface area contributed by atoms with E-state index in [0.29, 0.717) is 31.6 Å². The van der Waals surface area contributed by atoms with Crippen LogP contribution in [-0.4, -0.2) is 44.4 Å². The number of sulfonamides is 1. The minimum absolute atomic E-state index is 0.0921. The summed E-state index contributed by atoms with van der Waals surface area (Å²) in [6, 6.07) is 16.4. The molecule has 1 saturated heterocycles. The highest BCUT2D eigenvalue weighted by atomic mass is 32.2. The zero-order valence-electron chi connectivity index (χ0n) is 17.8. The molecule has 0 radical (unpaired) electrons. The number of hydrogen-bond acceptors (Lipinski definition) is 4. The zero-order valence-corrected chi connectivity index (χ0v) is 18.6. The summed E-state index contributed by atoms with van der Waals surface area (Å²) >= 11 is 0. The minimum atomic E-state index is -3.65. The molecule has 2 aromatic rings. The Labute approximate surface area is 179 Å². The van der Waals surface area contributed by atoms with Gasteiger partial charge in [-0.1, -0.05) is 30.3 Å². The fourth-order valence-electron chi connectivity index (χ4n) is 3.86. The summed E-state index contributed by atoms with van der Waals surface area (Å²) in [7, 11) is -2.11. The van der Waals surface area contributed by atoms with Crippen LogP contribution in [0, 0.1) is 5.92 Å². The molecule has 6 nitrogen and oxygen atoms in total. The van der Waals surface area contributed by atoms with Gasteiger partial charge < -0.3 is 10.1 Å². The average molecular weight is 431 g/mol. The maximum absolute atomic E-state index is 13.0. The van der Waals surface area contributed by atoms with Crippen LogP contribution in [0.15, 0.2) is 59.5 Å². The molecule has 1 fully saturated rings.